The van der Waals surface area contributed by atoms with Crippen molar-refractivity contribution in [3.63, 3.8) is 0 Å². The van der Waals surface area contributed by atoms with Crippen LogP contribution in [0.5, 0.6) is 0 Å². The van der Waals surface area contributed by atoms with Crippen molar-refractivity contribution in [2.24, 2.45) is 5.92 Å². The number of aryl methyl sites for hydroxylation is 3. The molecule has 1 heterocycles. The van der Waals surface area contributed by atoms with E-state index in [0.29, 0.717) is 18.9 Å². The highest BCUT2D eigenvalue weighted by atomic mass is 16.2. The number of amides is 1. The summed E-state index contributed by atoms with van der Waals surface area (Å²) in [5.41, 5.74) is 5.70. The van der Waals surface area contributed by atoms with Gasteiger partial charge in [0.1, 0.15) is 5.56 Å². The Hall–Kier alpha value is -3.14. The summed E-state index contributed by atoms with van der Waals surface area (Å²) in [6.07, 6.45) is 0.652. The Morgan fingerprint density at radius 1 is 1.00 bits per heavy atom. The van der Waals surface area contributed by atoms with E-state index < -0.39 is 0 Å². The van der Waals surface area contributed by atoms with E-state index in [-0.39, 0.29) is 16.9 Å². The van der Waals surface area contributed by atoms with Crippen molar-refractivity contribution >= 4 is 11.6 Å². The molecule has 0 aliphatic rings. The van der Waals surface area contributed by atoms with Crippen LogP contribution in [0.1, 0.15) is 52.3 Å². The molecule has 1 amide bonds. The highest BCUT2D eigenvalue weighted by molar-refractivity contribution is 6.05. The maximum Gasteiger partial charge on any atom is 0.261 e. The predicted molar refractivity (Wildman–Crippen MR) is 123 cm³/mol. The van der Waals surface area contributed by atoms with Crippen molar-refractivity contribution < 1.29 is 4.79 Å². The van der Waals surface area contributed by atoms with E-state index >= 15 is 0 Å². The molecule has 156 valence electrons. The highest BCUT2D eigenvalue weighted by Crippen LogP contribution is 2.19. The topological polar surface area (TPSA) is 51.1 Å². The van der Waals surface area contributed by atoms with Gasteiger partial charge in [0, 0.05) is 29.7 Å². The van der Waals surface area contributed by atoms with Crippen molar-refractivity contribution in [1.29, 1.82) is 0 Å². The number of nitrogens with zero attached hydrogens (tertiary/aromatic N) is 1. The third kappa shape index (κ3) is 4.88. The normalized spacial score (nSPS) is 11.0. The van der Waals surface area contributed by atoms with E-state index in [1.807, 2.05) is 38.1 Å². The summed E-state index contributed by atoms with van der Waals surface area (Å²) in [6, 6.07) is 17.5. The SMILES string of the molecule is Cc1ccc(Cn2c(C)cc(=O)c(C(=O)Nc3ccccc3C)c2CC(C)C)cc1. The lowest BCUT2D eigenvalue weighted by atomic mass is 10.00. The van der Waals surface area contributed by atoms with E-state index in [2.05, 4.69) is 54.9 Å². The molecule has 0 spiro atoms. The molecule has 4 heteroatoms. The molecule has 4 nitrogen and oxygen atoms in total. The summed E-state index contributed by atoms with van der Waals surface area (Å²) in [5, 5.41) is 2.95. The quantitative estimate of drug-likeness (QED) is 0.610. The van der Waals surface area contributed by atoms with Crippen LogP contribution in [0.15, 0.2) is 59.4 Å². The molecule has 0 fully saturated rings. The molecule has 1 N–H and O–H groups in total. The van der Waals surface area contributed by atoms with Crippen LogP contribution in [0.3, 0.4) is 0 Å². The van der Waals surface area contributed by atoms with Crippen molar-refractivity contribution in [2.75, 3.05) is 5.32 Å². The molecular weight excluding hydrogens is 372 g/mol. The number of anilines is 1. The molecular formula is C26H30N2O2. The van der Waals surface area contributed by atoms with E-state index in [0.717, 1.165) is 28.2 Å². The van der Waals surface area contributed by atoms with E-state index in [1.54, 1.807) is 6.07 Å². The maximum atomic E-state index is 13.2. The van der Waals surface area contributed by atoms with Crippen LogP contribution < -0.4 is 10.7 Å². The van der Waals surface area contributed by atoms with Gasteiger partial charge >= 0.3 is 0 Å². The van der Waals surface area contributed by atoms with Gasteiger partial charge in [0.05, 0.1) is 0 Å². The molecule has 0 radical (unpaired) electrons. The number of benzene rings is 2. The summed E-state index contributed by atoms with van der Waals surface area (Å²) < 4.78 is 2.11. The number of aromatic nitrogens is 1. The fourth-order valence-corrected chi connectivity index (χ4v) is 3.67. The van der Waals surface area contributed by atoms with E-state index in [9.17, 15) is 9.59 Å². The molecule has 3 rings (SSSR count). The van der Waals surface area contributed by atoms with Gasteiger partial charge in [-0.15, -0.1) is 0 Å². The third-order valence-corrected chi connectivity index (χ3v) is 5.31. The second-order valence-corrected chi connectivity index (χ2v) is 8.41. The monoisotopic (exact) mass is 402 g/mol. The first-order valence-electron chi connectivity index (χ1n) is 10.4. The molecule has 2 aromatic carbocycles. The highest BCUT2D eigenvalue weighted by Gasteiger charge is 2.21. The zero-order chi connectivity index (χ0) is 21.8. The number of carbonyl (C=O) groups is 1. The minimum absolute atomic E-state index is 0.227. The van der Waals surface area contributed by atoms with Crippen LogP contribution in [0.2, 0.25) is 0 Å². The standard InChI is InChI=1S/C26H30N2O2/c1-17(2)14-23-25(26(30)27-22-9-7-6-8-19(22)4)24(29)15-20(5)28(23)16-21-12-10-18(3)11-13-21/h6-13,15,17H,14,16H2,1-5H3,(H,27,30). The Bertz CT molecular complexity index is 1110. The number of rotatable bonds is 6. The molecule has 0 atom stereocenters. The summed E-state index contributed by atoms with van der Waals surface area (Å²) in [4.78, 5) is 26.2. The molecule has 1 aromatic heterocycles. The van der Waals surface area contributed by atoms with Crippen LogP contribution >= 0.6 is 0 Å². The van der Waals surface area contributed by atoms with E-state index in [4.69, 9.17) is 0 Å². The third-order valence-electron chi connectivity index (χ3n) is 5.31. The van der Waals surface area contributed by atoms with Gasteiger partial charge in [0.2, 0.25) is 0 Å². The van der Waals surface area contributed by atoms with Crippen LogP contribution in [0, 0.1) is 26.7 Å². The van der Waals surface area contributed by atoms with Gasteiger partial charge in [-0.05, 0) is 50.3 Å². The average Bonchev–Trinajstić information content (AvgIpc) is 2.67. The summed E-state index contributed by atoms with van der Waals surface area (Å²) in [5.74, 6) is -0.0388. The zero-order valence-electron chi connectivity index (χ0n) is 18.5. The minimum atomic E-state index is -0.345. The Morgan fingerprint density at radius 2 is 1.67 bits per heavy atom. The first-order chi connectivity index (χ1) is 14.3. The van der Waals surface area contributed by atoms with Gasteiger partial charge in [-0.1, -0.05) is 61.9 Å². The lowest BCUT2D eigenvalue weighted by Gasteiger charge is -2.22. The Kier molecular flexibility index (Phi) is 6.56. The van der Waals surface area contributed by atoms with Crippen LogP contribution in [-0.4, -0.2) is 10.5 Å². The van der Waals surface area contributed by atoms with Crippen LogP contribution in [-0.2, 0) is 13.0 Å². The molecule has 30 heavy (non-hydrogen) atoms. The van der Waals surface area contributed by atoms with Crippen molar-refractivity contribution in [1.82, 2.24) is 4.57 Å². The predicted octanol–water partition coefficient (Wildman–Crippen LogP) is 5.27. The lowest BCUT2D eigenvalue weighted by Crippen LogP contribution is -2.29. The van der Waals surface area contributed by atoms with Crippen molar-refractivity contribution in [3.05, 3.63) is 98.5 Å². The average molecular weight is 403 g/mol. The Morgan fingerprint density at radius 3 is 2.30 bits per heavy atom. The van der Waals surface area contributed by atoms with Gasteiger partial charge in [-0.25, -0.2) is 0 Å². The molecule has 0 aliphatic heterocycles. The fourth-order valence-electron chi connectivity index (χ4n) is 3.67. The molecule has 0 bridgehead atoms. The summed E-state index contributed by atoms with van der Waals surface area (Å²) in [6.45, 7) is 10.8. The van der Waals surface area contributed by atoms with Crippen molar-refractivity contribution in [3.8, 4) is 0 Å². The molecule has 0 unspecified atom stereocenters. The summed E-state index contributed by atoms with van der Waals surface area (Å²) in [7, 11) is 0. The van der Waals surface area contributed by atoms with Gasteiger partial charge in [-0.3, -0.25) is 9.59 Å². The first kappa shape index (κ1) is 21.6. The van der Waals surface area contributed by atoms with E-state index in [1.165, 1.54) is 5.56 Å². The minimum Gasteiger partial charge on any atom is -0.343 e. The smallest absolute Gasteiger partial charge is 0.261 e. The lowest BCUT2D eigenvalue weighted by molar-refractivity contribution is 0.102. The maximum absolute atomic E-state index is 13.2. The van der Waals surface area contributed by atoms with Crippen molar-refractivity contribution in [2.45, 2.75) is 47.6 Å². The van der Waals surface area contributed by atoms with Gasteiger partial charge in [-0.2, -0.15) is 0 Å². The number of nitrogens with one attached hydrogen (secondary N) is 1. The zero-order valence-corrected chi connectivity index (χ0v) is 18.5. The van der Waals surface area contributed by atoms with Gasteiger partial charge in [0.25, 0.3) is 5.91 Å². The number of para-hydroxylation sites is 1. The largest absolute Gasteiger partial charge is 0.343 e. The number of carbonyl (C=O) groups excluding carboxylic acids is 1. The number of hydrogen-bond donors (Lipinski definition) is 1. The first-order valence-corrected chi connectivity index (χ1v) is 10.4. The van der Waals surface area contributed by atoms with Crippen LogP contribution in [0.4, 0.5) is 5.69 Å². The number of hydrogen-bond acceptors (Lipinski definition) is 2. The summed E-state index contributed by atoms with van der Waals surface area (Å²) >= 11 is 0. The molecule has 0 saturated carbocycles. The van der Waals surface area contributed by atoms with Gasteiger partial charge < -0.3 is 9.88 Å². The molecule has 0 saturated heterocycles. The Labute approximate surface area is 178 Å². The molecule has 0 aliphatic carbocycles. The second-order valence-electron chi connectivity index (χ2n) is 8.41. The second kappa shape index (κ2) is 9.12. The van der Waals surface area contributed by atoms with Crippen LogP contribution in [0.25, 0.3) is 0 Å². The molecule has 3 aromatic rings. The van der Waals surface area contributed by atoms with Gasteiger partial charge in [0.15, 0.2) is 5.43 Å². The number of pyridine rings is 1. The fraction of sp³-hybridized carbons (Fsp3) is 0.308. The Balaban J connectivity index is 2.09.